The minimum absolute atomic E-state index is 0.0285. The molecule has 6 nitrogen and oxygen atoms in total. The summed E-state index contributed by atoms with van der Waals surface area (Å²) in [7, 11) is 0. The van der Waals surface area contributed by atoms with Crippen LogP contribution >= 0.6 is 23.8 Å². The molecule has 2 aromatic carbocycles. The molecule has 4 rings (SSSR count). The number of halogens is 1. The number of benzene rings is 2. The van der Waals surface area contributed by atoms with Gasteiger partial charge in [0, 0.05) is 11.1 Å². The molecule has 1 N–H and O–H groups in total. The zero-order valence-electron chi connectivity index (χ0n) is 16.2. The van der Waals surface area contributed by atoms with Gasteiger partial charge in [-0.3, -0.25) is 24.6 Å². The van der Waals surface area contributed by atoms with Gasteiger partial charge in [0.25, 0.3) is 11.8 Å². The zero-order valence-corrected chi connectivity index (χ0v) is 17.8. The molecular formula is C23H15ClN2O4S. The highest BCUT2D eigenvalue weighted by Gasteiger charge is 2.35. The lowest BCUT2D eigenvalue weighted by atomic mass is 10.1. The first-order chi connectivity index (χ1) is 14.8. The van der Waals surface area contributed by atoms with Gasteiger partial charge in [-0.2, -0.15) is 0 Å². The fraction of sp³-hybridized carbons (Fsp3) is 0.0435. The number of amides is 2. The van der Waals surface area contributed by atoms with E-state index in [9.17, 15) is 14.4 Å². The molecule has 0 unspecified atom stereocenters. The first-order valence-corrected chi connectivity index (χ1v) is 10.0. The van der Waals surface area contributed by atoms with E-state index in [0.717, 1.165) is 5.56 Å². The van der Waals surface area contributed by atoms with E-state index in [1.165, 1.54) is 17.9 Å². The van der Waals surface area contributed by atoms with Crippen molar-refractivity contribution in [2.75, 3.05) is 4.90 Å². The van der Waals surface area contributed by atoms with Crippen LogP contribution < -0.4 is 10.2 Å². The van der Waals surface area contributed by atoms with Crippen LogP contribution in [0.1, 0.15) is 23.0 Å². The highest BCUT2D eigenvalue weighted by Crippen LogP contribution is 2.30. The average molecular weight is 451 g/mol. The third-order valence-corrected chi connectivity index (χ3v) is 5.29. The normalized spacial score (nSPS) is 15.4. The third kappa shape index (κ3) is 4.05. The Labute approximate surface area is 188 Å². The molecule has 0 aliphatic carbocycles. The predicted molar refractivity (Wildman–Crippen MR) is 122 cm³/mol. The molecule has 154 valence electrons. The molecule has 8 heteroatoms. The van der Waals surface area contributed by atoms with Crippen molar-refractivity contribution in [1.29, 1.82) is 0 Å². The van der Waals surface area contributed by atoms with Gasteiger partial charge in [-0.1, -0.05) is 48.0 Å². The van der Waals surface area contributed by atoms with Crippen molar-refractivity contribution in [3.8, 4) is 11.3 Å². The van der Waals surface area contributed by atoms with Crippen LogP contribution in [-0.4, -0.2) is 22.7 Å². The molecule has 0 spiro atoms. The summed E-state index contributed by atoms with van der Waals surface area (Å²) < 4.78 is 5.79. The summed E-state index contributed by atoms with van der Waals surface area (Å²) in [5.74, 6) is -0.410. The Morgan fingerprint density at radius 1 is 1.06 bits per heavy atom. The van der Waals surface area contributed by atoms with E-state index in [4.69, 9.17) is 28.2 Å². The van der Waals surface area contributed by atoms with Crippen LogP contribution in [0.15, 0.2) is 70.7 Å². The number of thiocarbonyl (C=S) groups is 1. The number of hydrogen-bond donors (Lipinski definition) is 1. The first kappa shape index (κ1) is 20.7. The highest BCUT2D eigenvalue weighted by atomic mass is 35.5. The van der Waals surface area contributed by atoms with Crippen LogP contribution in [-0.2, 0) is 9.59 Å². The number of carbonyl (C=O) groups excluding carboxylic acids is 3. The van der Waals surface area contributed by atoms with E-state index in [2.05, 4.69) is 5.32 Å². The quantitative estimate of drug-likeness (QED) is 0.271. The molecule has 1 saturated heterocycles. The maximum atomic E-state index is 13.1. The van der Waals surface area contributed by atoms with Gasteiger partial charge in [0.15, 0.2) is 10.9 Å². The van der Waals surface area contributed by atoms with E-state index in [0.29, 0.717) is 27.8 Å². The van der Waals surface area contributed by atoms with Crippen LogP contribution in [0, 0.1) is 0 Å². The average Bonchev–Trinajstić information content (AvgIpc) is 3.21. The molecule has 2 amide bonds. The molecule has 1 aliphatic rings. The van der Waals surface area contributed by atoms with Crippen molar-refractivity contribution >= 4 is 58.3 Å². The Morgan fingerprint density at radius 2 is 1.77 bits per heavy atom. The molecule has 0 radical (unpaired) electrons. The standard InChI is InChI=1S/C23H15ClN2O4S/c1-13(27)14-6-8-15(9-7-14)20-11-10-16(30-20)12-17-21(28)25-23(31)26(22(17)29)19-5-3-2-4-18(19)24/h2-12H,1H3,(H,25,28,31). The minimum atomic E-state index is -0.623. The Hall–Kier alpha value is -3.55. The number of furan rings is 1. The second-order valence-electron chi connectivity index (χ2n) is 6.74. The monoisotopic (exact) mass is 450 g/mol. The van der Waals surface area contributed by atoms with Crippen LogP contribution in [0.3, 0.4) is 0 Å². The Kier molecular flexibility index (Phi) is 5.54. The summed E-state index contributed by atoms with van der Waals surface area (Å²) in [5.41, 5.74) is 1.59. The van der Waals surface area contributed by atoms with E-state index < -0.39 is 11.8 Å². The molecule has 0 saturated carbocycles. The number of nitrogens with zero attached hydrogens (tertiary/aromatic N) is 1. The first-order valence-electron chi connectivity index (χ1n) is 9.22. The summed E-state index contributed by atoms with van der Waals surface area (Å²) in [5, 5.41) is 2.78. The second kappa shape index (κ2) is 8.29. The largest absolute Gasteiger partial charge is 0.457 e. The van der Waals surface area contributed by atoms with Gasteiger partial charge >= 0.3 is 0 Å². The number of Topliss-reactive ketones (excluding diaryl/α,β-unsaturated/α-hetero) is 1. The van der Waals surface area contributed by atoms with Crippen molar-refractivity contribution in [2.45, 2.75) is 6.92 Å². The van der Waals surface area contributed by atoms with Crippen LogP contribution in [0.2, 0.25) is 5.02 Å². The van der Waals surface area contributed by atoms with Gasteiger partial charge in [-0.25, -0.2) is 0 Å². The van der Waals surface area contributed by atoms with Crippen LogP contribution in [0.4, 0.5) is 5.69 Å². The van der Waals surface area contributed by atoms with Gasteiger partial charge in [0.2, 0.25) is 0 Å². The van der Waals surface area contributed by atoms with Crippen molar-refractivity contribution in [1.82, 2.24) is 5.32 Å². The summed E-state index contributed by atoms with van der Waals surface area (Å²) in [4.78, 5) is 38.1. The van der Waals surface area contributed by atoms with Crippen molar-refractivity contribution < 1.29 is 18.8 Å². The van der Waals surface area contributed by atoms with Crippen LogP contribution in [0.25, 0.3) is 17.4 Å². The lowest BCUT2D eigenvalue weighted by Gasteiger charge is -2.29. The molecular weight excluding hydrogens is 436 g/mol. The van der Waals surface area contributed by atoms with Crippen molar-refractivity contribution in [3.05, 3.63) is 82.6 Å². The number of rotatable bonds is 4. The fourth-order valence-electron chi connectivity index (χ4n) is 3.11. The molecule has 2 heterocycles. The number of hydrogen-bond acceptors (Lipinski definition) is 5. The number of anilines is 1. The maximum absolute atomic E-state index is 13.1. The summed E-state index contributed by atoms with van der Waals surface area (Å²) in [6.07, 6.45) is 1.36. The molecule has 31 heavy (non-hydrogen) atoms. The zero-order chi connectivity index (χ0) is 22.1. The van der Waals surface area contributed by atoms with E-state index in [1.807, 2.05) is 0 Å². The number of para-hydroxylation sites is 1. The van der Waals surface area contributed by atoms with E-state index in [1.54, 1.807) is 60.7 Å². The third-order valence-electron chi connectivity index (χ3n) is 4.68. The molecule has 3 aromatic rings. The van der Waals surface area contributed by atoms with Gasteiger partial charge in [0.05, 0.1) is 10.7 Å². The van der Waals surface area contributed by atoms with E-state index in [-0.39, 0.29) is 16.5 Å². The number of nitrogens with one attached hydrogen (secondary N) is 1. The van der Waals surface area contributed by atoms with Gasteiger partial charge in [0.1, 0.15) is 17.1 Å². The summed E-state index contributed by atoms with van der Waals surface area (Å²) >= 11 is 11.4. The van der Waals surface area contributed by atoms with E-state index >= 15 is 0 Å². The highest BCUT2D eigenvalue weighted by molar-refractivity contribution is 7.80. The Bertz CT molecular complexity index is 1260. The lowest BCUT2D eigenvalue weighted by Crippen LogP contribution is -2.54. The second-order valence-corrected chi connectivity index (χ2v) is 7.54. The Balaban J connectivity index is 1.65. The van der Waals surface area contributed by atoms with Crippen LogP contribution in [0.5, 0.6) is 0 Å². The SMILES string of the molecule is CC(=O)c1ccc(-c2ccc(C=C3C(=O)NC(=S)N(c4ccccc4Cl)C3=O)o2)cc1. The minimum Gasteiger partial charge on any atom is -0.457 e. The Morgan fingerprint density at radius 3 is 2.45 bits per heavy atom. The molecule has 0 atom stereocenters. The van der Waals surface area contributed by atoms with Gasteiger partial charge in [-0.05, 0) is 49.5 Å². The topological polar surface area (TPSA) is 79.6 Å². The molecule has 0 bridgehead atoms. The smallest absolute Gasteiger partial charge is 0.270 e. The summed E-state index contributed by atoms with van der Waals surface area (Å²) in [6, 6.07) is 17.0. The molecule has 1 fully saturated rings. The maximum Gasteiger partial charge on any atom is 0.270 e. The molecule has 1 aromatic heterocycles. The van der Waals surface area contributed by atoms with Crippen molar-refractivity contribution in [2.24, 2.45) is 0 Å². The van der Waals surface area contributed by atoms with Crippen molar-refractivity contribution in [3.63, 3.8) is 0 Å². The molecule has 1 aliphatic heterocycles. The fourth-order valence-corrected chi connectivity index (χ4v) is 3.60. The number of ketones is 1. The lowest BCUT2D eigenvalue weighted by molar-refractivity contribution is -0.122. The summed E-state index contributed by atoms with van der Waals surface area (Å²) in [6.45, 7) is 1.50. The van der Waals surface area contributed by atoms with Gasteiger partial charge in [-0.15, -0.1) is 0 Å². The van der Waals surface area contributed by atoms with Gasteiger partial charge < -0.3 is 4.42 Å². The number of carbonyl (C=O) groups is 3. The predicted octanol–water partition coefficient (Wildman–Crippen LogP) is 4.63.